The van der Waals surface area contributed by atoms with E-state index in [4.69, 9.17) is 14.2 Å². The van der Waals surface area contributed by atoms with Gasteiger partial charge in [0.25, 0.3) is 5.79 Å². The zero-order valence-corrected chi connectivity index (χ0v) is 11.7. The molecule has 0 unspecified atom stereocenters. The van der Waals surface area contributed by atoms with Gasteiger partial charge in [-0.25, -0.2) is 0 Å². The first-order valence-corrected chi connectivity index (χ1v) is 6.16. The largest absolute Gasteiger partial charge is 0.494 e. The van der Waals surface area contributed by atoms with Crippen LogP contribution in [0.15, 0.2) is 41.7 Å². The zero-order chi connectivity index (χ0) is 14.6. The molecular weight excluding hydrogens is 256 g/mol. The van der Waals surface area contributed by atoms with E-state index >= 15 is 0 Å². The molecule has 0 bridgehead atoms. The van der Waals surface area contributed by atoms with E-state index in [2.05, 4.69) is 11.8 Å². The standard InChI is InChI=1S/C16H16O4/c1-18-15-13(14(17)16(15,19-2)20-3)11-7-10-12-8-5-4-6-9-12/h4-6,8-9H,10H2,1-3H3. The molecule has 0 saturated carbocycles. The SMILES string of the molecule is COC1=C(C#CCc2ccccc2)C(=O)C1(OC)OC. The third kappa shape index (κ3) is 2.22. The lowest BCUT2D eigenvalue weighted by Crippen LogP contribution is -2.54. The van der Waals surface area contributed by atoms with Crippen molar-refractivity contribution in [3.8, 4) is 11.8 Å². The molecule has 1 aromatic rings. The summed E-state index contributed by atoms with van der Waals surface area (Å²) in [7, 11) is 4.26. The first-order valence-electron chi connectivity index (χ1n) is 6.16. The third-order valence-electron chi connectivity index (χ3n) is 3.18. The van der Waals surface area contributed by atoms with Crippen LogP contribution in [0.5, 0.6) is 0 Å². The summed E-state index contributed by atoms with van der Waals surface area (Å²) in [5.74, 6) is 4.40. The van der Waals surface area contributed by atoms with Crippen LogP contribution in [0.4, 0.5) is 0 Å². The lowest BCUT2D eigenvalue weighted by atomic mass is 9.87. The van der Waals surface area contributed by atoms with E-state index in [1.54, 1.807) is 0 Å². The molecule has 4 nitrogen and oxygen atoms in total. The van der Waals surface area contributed by atoms with Gasteiger partial charge in [0.1, 0.15) is 5.57 Å². The Kier molecular flexibility index (Phi) is 4.23. The maximum Gasteiger partial charge on any atom is 0.295 e. The maximum absolute atomic E-state index is 12.1. The number of hydrogen-bond donors (Lipinski definition) is 0. The van der Waals surface area contributed by atoms with Crippen LogP contribution in [0.25, 0.3) is 0 Å². The fraction of sp³-hybridized carbons (Fsp3) is 0.312. The minimum atomic E-state index is -1.43. The van der Waals surface area contributed by atoms with Crippen molar-refractivity contribution in [3.05, 3.63) is 47.2 Å². The van der Waals surface area contributed by atoms with Crippen LogP contribution in [0, 0.1) is 11.8 Å². The van der Waals surface area contributed by atoms with E-state index in [1.807, 2.05) is 30.3 Å². The number of Topliss-reactive ketones (excluding diaryl/α,β-unsaturated/α-hetero) is 1. The molecule has 0 aromatic heterocycles. The van der Waals surface area contributed by atoms with Gasteiger partial charge < -0.3 is 14.2 Å². The second-order valence-electron chi connectivity index (χ2n) is 4.23. The summed E-state index contributed by atoms with van der Waals surface area (Å²) in [6.07, 6.45) is 0.571. The van der Waals surface area contributed by atoms with Crippen LogP contribution in [-0.4, -0.2) is 32.9 Å². The molecule has 0 N–H and O–H groups in total. The van der Waals surface area contributed by atoms with Gasteiger partial charge in [-0.15, -0.1) is 0 Å². The molecule has 0 heterocycles. The number of carbonyl (C=O) groups is 1. The molecule has 2 rings (SSSR count). The van der Waals surface area contributed by atoms with Crippen molar-refractivity contribution in [2.24, 2.45) is 0 Å². The molecule has 0 radical (unpaired) electrons. The number of hydrogen-bond acceptors (Lipinski definition) is 4. The van der Waals surface area contributed by atoms with E-state index in [0.29, 0.717) is 17.8 Å². The zero-order valence-electron chi connectivity index (χ0n) is 11.7. The molecule has 4 heteroatoms. The Labute approximate surface area is 118 Å². The Balaban J connectivity index is 2.20. The van der Waals surface area contributed by atoms with Gasteiger partial charge in [-0.2, -0.15) is 0 Å². The lowest BCUT2D eigenvalue weighted by molar-refractivity contribution is -0.210. The van der Waals surface area contributed by atoms with Gasteiger partial charge in [0.05, 0.1) is 7.11 Å². The maximum atomic E-state index is 12.1. The molecule has 1 aliphatic carbocycles. The summed E-state index contributed by atoms with van der Waals surface area (Å²) in [6.45, 7) is 0. The van der Waals surface area contributed by atoms with Gasteiger partial charge in [-0.3, -0.25) is 4.79 Å². The molecule has 104 valence electrons. The van der Waals surface area contributed by atoms with Gasteiger partial charge >= 0.3 is 0 Å². The van der Waals surface area contributed by atoms with Crippen LogP contribution in [0.2, 0.25) is 0 Å². The predicted octanol–water partition coefficient (Wildman–Crippen LogP) is 1.70. The van der Waals surface area contributed by atoms with Crippen LogP contribution in [0.1, 0.15) is 5.56 Å². The van der Waals surface area contributed by atoms with Crippen molar-refractivity contribution < 1.29 is 19.0 Å². The van der Waals surface area contributed by atoms with Gasteiger partial charge in [-0.05, 0) is 5.56 Å². The van der Waals surface area contributed by atoms with E-state index in [-0.39, 0.29) is 5.78 Å². The first kappa shape index (κ1) is 14.3. The minimum absolute atomic E-state index is 0.306. The van der Waals surface area contributed by atoms with Gasteiger partial charge in [0.15, 0.2) is 5.76 Å². The number of ketones is 1. The predicted molar refractivity (Wildman–Crippen MR) is 73.7 cm³/mol. The number of rotatable bonds is 4. The molecule has 20 heavy (non-hydrogen) atoms. The lowest BCUT2D eigenvalue weighted by Gasteiger charge is -2.37. The van der Waals surface area contributed by atoms with E-state index < -0.39 is 5.79 Å². The average Bonchev–Trinajstić information content (AvgIpc) is 2.50. The van der Waals surface area contributed by atoms with Crippen molar-refractivity contribution in [3.63, 3.8) is 0 Å². The molecule has 0 atom stereocenters. The summed E-state index contributed by atoms with van der Waals surface area (Å²) in [6, 6.07) is 9.82. The van der Waals surface area contributed by atoms with Crippen molar-refractivity contribution in [1.82, 2.24) is 0 Å². The fourth-order valence-electron chi connectivity index (χ4n) is 2.11. The highest BCUT2D eigenvalue weighted by molar-refractivity contribution is 6.14. The Morgan fingerprint density at radius 2 is 1.75 bits per heavy atom. The summed E-state index contributed by atoms with van der Waals surface area (Å²) < 4.78 is 15.4. The summed E-state index contributed by atoms with van der Waals surface area (Å²) >= 11 is 0. The van der Waals surface area contributed by atoms with Crippen molar-refractivity contribution >= 4 is 5.78 Å². The van der Waals surface area contributed by atoms with Crippen LogP contribution in [0.3, 0.4) is 0 Å². The highest BCUT2D eigenvalue weighted by atomic mass is 16.7. The number of carbonyl (C=O) groups excluding carboxylic acids is 1. The Hall–Kier alpha value is -2.09. The monoisotopic (exact) mass is 272 g/mol. The fourth-order valence-corrected chi connectivity index (χ4v) is 2.11. The van der Waals surface area contributed by atoms with Crippen molar-refractivity contribution in [2.75, 3.05) is 21.3 Å². The molecule has 0 saturated heterocycles. The second kappa shape index (κ2) is 5.91. The Morgan fingerprint density at radius 3 is 2.30 bits per heavy atom. The smallest absolute Gasteiger partial charge is 0.295 e. The molecule has 1 aliphatic rings. The Bertz CT molecular complexity index is 586. The second-order valence-corrected chi connectivity index (χ2v) is 4.23. The summed E-state index contributed by atoms with van der Waals surface area (Å²) in [5, 5.41) is 0. The Morgan fingerprint density at radius 1 is 1.10 bits per heavy atom. The average molecular weight is 272 g/mol. The van der Waals surface area contributed by atoms with Gasteiger partial charge in [-0.1, -0.05) is 42.2 Å². The normalized spacial score (nSPS) is 16.2. The van der Waals surface area contributed by atoms with Gasteiger partial charge in [0, 0.05) is 20.6 Å². The number of benzene rings is 1. The number of ether oxygens (including phenoxy) is 3. The van der Waals surface area contributed by atoms with Crippen LogP contribution in [-0.2, 0) is 25.4 Å². The molecule has 0 amide bonds. The summed E-state index contributed by atoms with van der Waals surface area (Å²) in [4.78, 5) is 12.1. The highest BCUT2D eigenvalue weighted by Gasteiger charge is 2.57. The summed E-state index contributed by atoms with van der Waals surface area (Å²) in [5.41, 5.74) is 1.41. The highest BCUT2D eigenvalue weighted by Crippen LogP contribution is 2.38. The van der Waals surface area contributed by atoms with Crippen molar-refractivity contribution in [2.45, 2.75) is 12.2 Å². The first-order chi connectivity index (χ1) is 9.69. The van der Waals surface area contributed by atoms with Crippen molar-refractivity contribution in [1.29, 1.82) is 0 Å². The molecule has 0 aliphatic heterocycles. The third-order valence-corrected chi connectivity index (χ3v) is 3.18. The van der Waals surface area contributed by atoms with Crippen LogP contribution < -0.4 is 0 Å². The van der Waals surface area contributed by atoms with Gasteiger partial charge in [0.2, 0.25) is 5.78 Å². The van der Waals surface area contributed by atoms with E-state index in [1.165, 1.54) is 21.3 Å². The van der Waals surface area contributed by atoms with E-state index in [9.17, 15) is 4.79 Å². The molecule has 0 spiro atoms. The molecule has 0 fully saturated rings. The van der Waals surface area contributed by atoms with E-state index in [0.717, 1.165) is 5.56 Å². The molecular formula is C16H16O4. The minimum Gasteiger partial charge on any atom is -0.494 e. The topological polar surface area (TPSA) is 44.8 Å². The van der Waals surface area contributed by atoms with Crippen LogP contribution >= 0.6 is 0 Å². The number of methoxy groups -OCH3 is 3. The molecule has 1 aromatic carbocycles. The quantitative estimate of drug-likeness (QED) is 0.618.